The Hall–Kier alpha value is -1.66. The fourth-order valence-electron chi connectivity index (χ4n) is 2.78. The number of thiazole rings is 1. The predicted octanol–water partition coefficient (Wildman–Crippen LogP) is 5.20. The number of carbonyl (C=O) groups is 1. The highest BCUT2D eigenvalue weighted by atomic mass is 35.5. The number of aryl methyl sites for hydroxylation is 2. The minimum absolute atomic E-state index is 0. The van der Waals surface area contributed by atoms with Gasteiger partial charge < -0.3 is 4.90 Å². The summed E-state index contributed by atoms with van der Waals surface area (Å²) in [5, 5.41) is 1.40. The third-order valence-electron chi connectivity index (χ3n) is 4.15. The van der Waals surface area contributed by atoms with Crippen molar-refractivity contribution in [3.05, 3.63) is 58.1 Å². The van der Waals surface area contributed by atoms with Crippen molar-refractivity contribution in [1.82, 2.24) is 9.88 Å². The first kappa shape index (κ1) is 21.6. The van der Waals surface area contributed by atoms with Gasteiger partial charge in [0.2, 0.25) is 0 Å². The average molecular weight is 424 g/mol. The third-order valence-corrected chi connectivity index (χ3v) is 5.39. The molecular weight excluding hydrogens is 401 g/mol. The van der Waals surface area contributed by atoms with Gasteiger partial charge in [-0.15, -0.1) is 12.4 Å². The van der Waals surface area contributed by atoms with Crippen molar-refractivity contribution in [2.75, 3.05) is 32.1 Å². The molecule has 0 N–H and O–H groups in total. The molecule has 4 nitrogen and oxygen atoms in total. The van der Waals surface area contributed by atoms with Crippen molar-refractivity contribution < 1.29 is 4.79 Å². The van der Waals surface area contributed by atoms with Crippen LogP contribution in [-0.2, 0) is 0 Å². The van der Waals surface area contributed by atoms with Crippen molar-refractivity contribution >= 4 is 56.6 Å². The van der Waals surface area contributed by atoms with Crippen LogP contribution in [0, 0.1) is 13.8 Å². The molecule has 0 saturated carbocycles. The molecule has 0 bridgehead atoms. The van der Waals surface area contributed by atoms with Gasteiger partial charge in [-0.1, -0.05) is 40.6 Å². The van der Waals surface area contributed by atoms with E-state index in [-0.39, 0.29) is 18.3 Å². The molecule has 0 aliphatic rings. The quantitative estimate of drug-likeness (QED) is 0.565. The molecular formula is C20H23Cl2N3OS. The van der Waals surface area contributed by atoms with Crippen molar-refractivity contribution in [2.24, 2.45) is 0 Å². The van der Waals surface area contributed by atoms with Gasteiger partial charge in [0, 0.05) is 23.7 Å². The van der Waals surface area contributed by atoms with Gasteiger partial charge in [0.25, 0.3) is 5.91 Å². The molecule has 2 aromatic carbocycles. The first-order valence-corrected chi connectivity index (χ1v) is 9.64. The Balaban J connectivity index is 0.00000261. The van der Waals surface area contributed by atoms with Gasteiger partial charge in [-0.05, 0) is 57.8 Å². The first-order chi connectivity index (χ1) is 12.3. The molecule has 0 radical (unpaired) electrons. The number of halogens is 2. The maximum atomic E-state index is 13.2. The Morgan fingerprint density at radius 2 is 1.89 bits per heavy atom. The van der Waals surface area contributed by atoms with Gasteiger partial charge in [0.1, 0.15) is 0 Å². The predicted molar refractivity (Wildman–Crippen MR) is 118 cm³/mol. The maximum Gasteiger partial charge on any atom is 0.260 e. The molecule has 3 aromatic rings. The zero-order valence-corrected chi connectivity index (χ0v) is 18.2. The normalized spacial score (nSPS) is 10.9. The van der Waals surface area contributed by atoms with Crippen molar-refractivity contribution in [1.29, 1.82) is 0 Å². The Labute approximate surface area is 175 Å². The standard InChI is InChI=1S/C20H22ClN3OS.ClH/c1-13-6-5-7-15(10-13)19(25)24(9-8-23(3)4)20-22-18-14(2)11-16(21)12-17(18)26-20;/h5-7,10-12H,8-9H2,1-4H3;1H. The van der Waals surface area contributed by atoms with Crippen LogP contribution in [0.2, 0.25) is 5.02 Å². The van der Waals surface area contributed by atoms with E-state index in [0.29, 0.717) is 22.3 Å². The summed E-state index contributed by atoms with van der Waals surface area (Å²) in [6.45, 7) is 5.31. The highest BCUT2D eigenvalue weighted by Gasteiger charge is 2.22. The van der Waals surface area contributed by atoms with Gasteiger partial charge in [-0.25, -0.2) is 4.98 Å². The minimum atomic E-state index is -0.0293. The van der Waals surface area contributed by atoms with Crippen LogP contribution in [0.5, 0.6) is 0 Å². The van der Waals surface area contributed by atoms with E-state index in [2.05, 4.69) is 4.90 Å². The SMILES string of the molecule is Cc1cccc(C(=O)N(CCN(C)C)c2nc3c(C)cc(Cl)cc3s2)c1.Cl. The van der Waals surface area contributed by atoms with Crippen molar-refractivity contribution in [2.45, 2.75) is 13.8 Å². The topological polar surface area (TPSA) is 36.4 Å². The second-order valence-corrected chi connectivity index (χ2v) is 8.14. The largest absolute Gasteiger partial charge is 0.308 e. The fourth-order valence-corrected chi connectivity index (χ4v) is 4.22. The zero-order valence-electron chi connectivity index (χ0n) is 15.8. The molecule has 7 heteroatoms. The third kappa shape index (κ3) is 4.99. The number of rotatable bonds is 5. The number of hydrogen-bond donors (Lipinski definition) is 0. The maximum absolute atomic E-state index is 13.2. The monoisotopic (exact) mass is 423 g/mol. The summed E-state index contributed by atoms with van der Waals surface area (Å²) < 4.78 is 0.997. The van der Waals surface area contributed by atoms with Crippen LogP contribution in [0.15, 0.2) is 36.4 Å². The number of nitrogens with zero attached hydrogens (tertiary/aromatic N) is 3. The van der Waals surface area contributed by atoms with Crippen molar-refractivity contribution in [3.8, 4) is 0 Å². The van der Waals surface area contributed by atoms with Crippen LogP contribution in [0.25, 0.3) is 10.2 Å². The molecule has 1 heterocycles. The Bertz CT molecular complexity index is 956. The molecule has 3 rings (SSSR count). The Morgan fingerprint density at radius 3 is 2.56 bits per heavy atom. The van der Waals surface area contributed by atoms with E-state index in [4.69, 9.17) is 16.6 Å². The highest BCUT2D eigenvalue weighted by molar-refractivity contribution is 7.22. The van der Waals surface area contributed by atoms with Crippen LogP contribution in [0.4, 0.5) is 5.13 Å². The minimum Gasteiger partial charge on any atom is -0.308 e. The summed E-state index contributed by atoms with van der Waals surface area (Å²) >= 11 is 7.69. The lowest BCUT2D eigenvalue weighted by atomic mass is 10.1. The van der Waals surface area contributed by atoms with Gasteiger partial charge in [-0.3, -0.25) is 9.69 Å². The summed E-state index contributed by atoms with van der Waals surface area (Å²) in [6, 6.07) is 11.5. The van der Waals surface area contributed by atoms with E-state index in [0.717, 1.165) is 27.9 Å². The fraction of sp³-hybridized carbons (Fsp3) is 0.300. The van der Waals surface area contributed by atoms with Crippen LogP contribution in [0.3, 0.4) is 0 Å². The molecule has 0 saturated heterocycles. The zero-order chi connectivity index (χ0) is 18.8. The van der Waals surface area contributed by atoms with Crippen LogP contribution in [0.1, 0.15) is 21.5 Å². The molecule has 0 unspecified atom stereocenters. The average Bonchev–Trinajstić information content (AvgIpc) is 2.98. The summed E-state index contributed by atoms with van der Waals surface area (Å²) in [5.74, 6) is -0.0293. The summed E-state index contributed by atoms with van der Waals surface area (Å²) in [4.78, 5) is 21.8. The van der Waals surface area contributed by atoms with Gasteiger partial charge in [-0.2, -0.15) is 0 Å². The highest BCUT2D eigenvalue weighted by Crippen LogP contribution is 2.33. The van der Waals surface area contributed by atoms with E-state index >= 15 is 0 Å². The molecule has 0 aliphatic carbocycles. The molecule has 0 aliphatic heterocycles. The first-order valence-electron chi connectivity index (χ1n) is 8.45. The number of fused-ring (bicyclic) bond motifs is 1. The number of benzene rings is 2. The van der Waals surface area contributed by atoms with Crippen LogP contribution < -0.4 is 4.90 Å². The van der Waals surface area contributed by atoms with E-state index in [1.807, 2.05) is 64.3 Å². The molecule has 0 spiro atoms. The molecule has 1 aromatic heterocycles. The van der Waals surface area contributed by atoms with E-state index in [1.54, 1.807) is 4.90 Å². The summed E-state index contributed by atoms with van der Waals surface area (Å²) in [7, 11) is 4.00. The lowest BCUT2D eigenvalue weighted by Crippen LogP contribution is -2.36. The Morgan fingerprint density at radius 1 is 1.15 bits per heavy atom. The van der Waals surface area contributed by atoms with Gasteiger partial charge >= 0.3 is 0 Å². The number of aromatic nitrogens is 1. The number of carbonyl (C=O) groups excluding carboxylic acids is 1. The van der Waals surface area contributed by atoms with Crippen LogP contribution in [-0.4, -0.2) is 43.0 Å². The Kier molecular flexibility index (Phi) is 7.23. The van der Waals surface area contributed by atoms with Gasteiger partial charge in [0.05, 0.1) is 10.2 Å². The number of anilines is 1. The second kappa shape index (κ2) is 9.02. The second-order valence-electron chi connectivity index (χ2n) is 6.70. The molecule has 1 amide bonds. The summed E-state index contributed by atoms with van der Waals surface area (Å²) in [5.41, 5.74) is 3.67. The summed E-state index contributed by atoms with van der Waals surface area (Å²) in [6.07, 6.45) is 0. The smallest absolute Gasteiger partial charge is 0.260 e. The molecule has 27 heavy (non-hydrogen) atoms. The van der Waals surface area contributed by atoms with E-state index in [1.165, 1.54) is 11.3 Å². The van der Waals surface area contributed by atoms with Crippen LogP contribution >= 0.6 is 35.3 Å². The molecule has 144 valence electrons. The number of amides is 1. The van der Waals surface area contributed by atoms with E-state index in [9.17, 15) is 4.79 Å². The van der Waals surface area contributed by atoms with Gasteiger partial charge in [0.15, 0.2) is 5.13 Å². The lowest BCUT2D eigenvalue weighted by molar-refractivity contribution is 0.0985. The molecule has 0 fully saturated rings. The van der Waals surface area contributed by atoms with E-state index < -0.39 is 0 Å². The lowest BCUT2D eigenvalue weighted by Gasteiger charge is -2.22. The number of hydrogen-bond acceptors (Lipinski definition) is 4. The van der Waals surface area contributed by atoms with Crippen molar-refractivity contribution in [3.63, 3.8) is 0 Å². The molecule has 0 atom stereocenters. The number of likely N-dealkylation sites (N-methyl/N-ethyl adjacent to an activating group) is 1.